The third-order valence-electron chi connectivity index (χ3n) is 8.08. The molecular formula is C34H29FN10. The van der Waals surface area contributed by atoms with Crippen molar-refractivity contribution in [1.82, 2.24) is 34.2 Å². The van der Waals surface area contributed by atoms with Crippen LogP contribution in [0.15, 0.2) is 91.5 Å². The van der Waals surface area contributed by atoms with Crippen molar-refractivity contribution in [3.8, 4) is 39.7 Å². The van der Waals surface area contributed by atoms with Crippen LogP contribution in [0.2, 0.25) is 0 Å². The monoisotopic (exact) mass is 596 g/mol. The molecule has 1 aliphatic heterocycles. The predicted octanol–water partition coefficient (Wildman–Crippen LogP) is 5.58. The summed E-state index contributed by atoms with van der Waals surface area (Å²) in [5.41, 5.74) is 12.4. The Kier molecular flexibility index (Phi) is 7.55. The minimum Gasteiger partial charge on any atom is -0.383 e. The van der Waals surface area contributed by atoms with Crippen LogP contribution in [0.25, 0.3) is 39.4 Å². The van der Waals surface area contributed by atoms with Crippen molar-refractivity contribution in [3.05, 3.63) is 109 Å². The molecule has 0 amide bonds. The maximum Gasteiger partial charge on any atom is 0.234 e. The summed E-state index contributed by atoms with van der Waals surface area (Å²) in [6.45, 7) is 2.74. The number of imidazole rings is 1. The molecule has 0 atom stereocenters. The Labute approximate surface area is 259 Å². The zero-order chi connectivity index (χ0) is 30.8. The van der Waals surface area contributed by atoms with Gasteiger partial charge in [0, 0.05) is 67.2 Å². The molecule has 2 aromatic carbocycles. The van der Waals surface area contributed by atoms with Crippen LogP contribution in [0, 0.1) is 17.1 Å². The number of nitrogens with two attached hydrogens (primary N) is 1. The van der Waals surface area contributed by atoms with E-state index in [1.807, 2.05) is 28.8 Å². The molecule has 5 heterocycles. The van der Waals surface area contributed by atoms with Crippen molar-refractivity contribution in [2.45, 2.75) is 25.4 Å². The van der Waals surface area contributed by atoms with Crippen LogP contribution in [-0.4, -0.2) is 53.4 Å². The number of anilines is 2. The number of pyridine rings is 1. The molecule has 1 fully saturated rings. The van der Waals surface area contributed by atoms with E-state index >= 15 is 0 Å². The largest absolute Gasteiger partial charge is 0.383 e. The number of rotatable bonds is 7. The van der Waals surface area contributed by atoms with Crippen LogP contribution in [0.1, 0.15) is 24.2 Å². The van der Waals surface area contributed by atoms with Crippen LogP contribution < -0.4 is 11.1 Å². The smallest absolute Gasteiger partial charge is 0.234 e. The molecule has 222 valence electrons. The van der Waals surface area contributed by atoms with Crippen molar-refractivity contribution >= 4 is 17.4 Å². The van der Waals surface area contributed by atoms with Crippen molar-refractivity contribution in [3.63, 3.8) is 0 Å². The second-order valence-electron chi connectivity index (χ2n) is 11.0. The van der Waals surface area contributed by atoms with Gasteiger partial charge in [0.1, 0.15) is 29.2 Å². The van der Waals surface area contributed by atoms with Gasteiger partial charge in [0.15, 0.2) is 0 Å². The maximum atomic E-state index is 13.6. The first-order chi connectivity index (χ1) is 22.0. The number of hydrogen-bond donors (Lipinski definition) is 2. The summed E-state index contributed by atoms with van der Waals surface area (Å²) in [5.74, 6) is 1.49. The van der Waals surface area contributed by atoms with Gasteiger partial charge in [0.2, 0.25) is 11.6 Å². The lowest BCUT2D eigenvalue weighted by molar-refractivity contribution is 0.211. The van der Waals surface area contributed by atoms with Gasteiger partial charge in [0.25, 0.3) is 0 Å². The highest BCUT2D eigenvalue weighted by Crippen LogP contribution is 2.35. The summed E-state index contributed by atoms with van der Waals surface area (Å²) in [4.78, 5) is 24.4. The molecule has 1 saturated heterocycles. The van der Waals surface area contributed by atoms with Gasteiger partial charge in [0.05, 0.1) is 5.69 Å². The van der Waals surface area contributed by atoms with Crippen molar-refractivity contribution in [2.24, 2.45) is 0 Å². The van der Waals surface area contributed by atoms with E-state index in [0.29, 0.717) is 29.1 Å². The lowest BCUT2D eigenvalue weighted by Crippen LogP contribution is -2.38. The maximum absolute atomic E-state index is 13.6. The molecule has 0 radical (unpaired) electrons. The number of nitrogen functional groups attached to an aromatic ring is 1. The van der Waals surface area contributed by atoms with E-state index in [4.69, 9.17) is 16.0 Å². The molecule has 0 saturated carbocycles. The van der Waals surface area contributed by atoms with E-state index in [9.17, 15) is 4.39 Å². The SMILES string of the molecule is N#Cc1nccc(NC2CCN(Cc3ccc(-c4c(-c5cccnc5N)nc5ncc(-c6ccc(F)cc6)cn45)cc3)CC2)n1. The summed E-state index contributed by atoms with van der Waals surface area (Å²) >= 11 is 0. The molecule has 45 heavy (non-hydrogen) atoms. The van der Waals surface area contributed by atoms with Gasteiger partial charge in [-0.2, -0.15) is 5.26 Å². The molecule has 0 spiro atoms. The van der Waals surface area contributed by atoms with E-state index in [0.717, 1.165) is 60.4 Å². The number of nitriles is 1. The van der Waals surface area contributed by atoms with Crippen LogP contribution in [0.4, 0.5) is 16.0 Å². The molecule has 0 aliphatic carbocycles. The van der Waals surface area contributed by atoms with Gasteiger partial charge in [-0.05, 0) is 54.3 Å². The van der Waals surface area contributed by atoms with Crippen LogP contribution in [0.5, 0.6) is 0 Å². The third kappa shape index (κ3) is 5.91. The Hall–Kier alpha value is -5.73. The zero-order valence-electron chi connectivity index (χ0n) is 24.3. The topological polar surface area (TPSA) is 134 Å². The lowest BCUT2D eigenvalue weighted by atomic mass is 10.0. The number of aromatic nitrogens is 6. The third-order valence-corrected chi connectivity index (χ3v) is 8.08. The number of hydrogen-bond acceptors (Lipinski definition) is 9. The lowest BCUT2D eigenvalue weighted by Gasteiger charge is -2.32. The molecule has 4 aromatic heterocycles. The first-order valence-electron chi connectivity index (χ1n) is 14.7. The van der Waals surface area contributed by atoms with Crippen LogP contribution >= 0.6 is 0 Å². The summed E-state index contributed by atoms with van der Waals surface area (Å²) in [6.07, 6.45) is 8.94. The number of halogens is 1. The van der Waals surface area contributed by atoms with Gasteiger partial charge in [-0.1, -0.05) is 36.4 Å². The first-order valence-corrected chi connectivity index (χ1v) is 14.7. The first kappa shape index (κ1) is 28.1. The number of fused-ring (bicyclic) bond motifs is 1. The second-order valence-corrected chi connectivity index (χ2v) is 11.0. The quantitative estimate of drug-likeness (QED) is 0.242. The molecule has 0 unspecified atom stereocenters. The molecule has 3 N–H and O–H groups in total. The van der Waals surface area contributed by atoms with Gasteiger partial charge in [-0.25, -0.2) is 29.3 Å². The number of benzene rings is 2. The molecule has 0 bridgehead atoms. The Morgan fingerprint density at radius 1 is 0.889 bits per heavy atom. The number of nitrogens with one attached hydrogen (secondary N) is 1. The van der Waals surface area contributed by atoms with Gasteiger partial charge < -0.3 is 11.1 Å². The highest BCUT2D eigenvalue weighted by molar-refractivity contribution is 5.86. The molecule has 11 heteroatoms. The average Bonchev–Trinajstić information content (AvgIpc) is 3.45. The standard InChI is InChI=1S/C34H29FN10/c35-26-9-7-23(8-10-26)25-19-40-34-43-31(28-2-1-14-39-33(28)37)32(45(34)21-25)24-5-3-22(4-6-24)20-44-16-12-27(13-17-44)41-29-11-15-38-30(18-36)42-29/h1-11,14-15,19,21,27H,12-13,16-17,20H2,(H2,37,39)(H,38,41,42). The fourth-order valence-electron chi connectivity index (χ4n) is 5.77. The van der Waals surface area contributed by atoms with E-state index in [1.165, 1.54) is 17.7 Å². The fourth-order valence-corrected chi connectivity index (χ4v) is 5.77. The van der Waals surface area contributed by atoms with E-state index in [2.05, 4.69) is 54.4 Å². The highest BCUT2D eigenvalue weighted by atomic mass is 19.1. The van der Waals surface area contributed by atoms with E-state index in [-0.39, 0.29) is 11.6 Å². The summed E-state index contributed by atoms with van der Waals surface area (Å²) < 4.78 is 15.6. The number of nitrogens with zero attached hydrogens (tertiary/aromatic N) is 8. The summed E-state index contributed by atoms with van der Waals surface area (Å²) in [6, 6.07) is 22.7. The fraction of sp³-hybridized carbons (Fsp3) is 0.176. The Balaban J connectivity index is 1.13. The molecular weight excluding hydrogens is 567 g/mol. The Morgan fingerprint density at radius 3 is 2.42 bits per heavy atom. The highest BCUT2D eigenvalue weighted by Gasteiger charge is 2.22. The Morgan fingerprint density at radius 2 is 1.67 bits per heavy atom. The van der Waals surface area contributed by atoms with Crippen molar-refractivity contribution in [2.75, 3.05) is 24.1 Å². The molecule has 1 aliphatic rings. The Bertz CT molecular complexity index is 2010. The summed E-state index contributed by atoms with van der Waals surface area (Å²) in [7, 11) is 0. The molecule has 10 nitrogen and oxygen atoms in total. The van der Waals surface area contributed by atoms with Gasteiger partial charge >= 0.3 is 0 Å². The van der Waals surface area contributed by atoms with Crippen molar-refractivity contribution in [1.29, 1.82) is 5.26 Å². The number of likely N-dealkylation sites (tertiary alicyclic amines) is 1. The van der Waals surface area contributed by atoms with Crippen LogP contribution in [-0.2, 0) is 6.54 Å². The number of piperidine rings is 1. The van der Waals surface area contributed by atoms with Gasteiger partial charge in [-0.15, -0.1) is 0 Å². The second kappa shape index (κ2) is 12.1. The van der Waals surface area contributed by atoms with Crippen LogP contribution in [0.3, 0.4) is 0 Å². The van der Waals surface area contributed by atoms with Gasteiger partial charge in [-0.3, -0.25) is 9.30 Å². The predicted molar refractivity (Wildman–Crippen MR) is 170 cm³/mol. The average molecular weight is 597 g/mol. The zero-order valence-corrected chi connectivity index (χ0v) is 24.3. The summed E-state index contributed by atoms with van der Waals surface area (Å²) in [5, 5.41) is 12.5. The van der Waals surface area contributed by atoms with E-state index in [1.54, 1.807) is 36.8 Å². The normalized spacial score (nSPS) is 14.0. The van der Waals surface area contributed by atoms with Crippen molar-refractivity contribution < 1.29 is 4.39 Å². The molecule has 6 aromatic rings. The molecule has 7 rings (SSSR count). The van der Waals surface area contributed by atoms with E-state index < -0.39 is 0 Å². The minimum atomic E-state index is -0.288. The minimum absolute atomic E-state index is 0.172.